The van der Waals surface area contributed by atoms with Crippen LogP contribution in [0.1, 0.15) is 37.6 Å². The molecule has 0 aliphatic rings. The van der Waals surface area contributed by atoms with Gasteiger partial charge in [-0.1, -0.05) is 26.3 Å². The van der Waals surface area contributed by atoms with E-state index in [1.54, 1.807) is 25.1 Å². The van der Waals surface area contributed by atoms with Gasteiger partial charge in [-0.3, -0.25) is 9.59 Å². The number of carboxylic acids is 1. The van der Waals surface area contributed by atoms with Gasteiger partial charge >= 0.3 is 5.97 Å². The van der Waals surface area contributed by atoms with Gasteiger partial charge in [0.2, 0.25) is 5.91 Å². The number of rotatable bonds is 6. The molecule has 0 heterocycles. The van der Waals surface area contributed by atoms with Crippen LogP contribution >= 0.6 is 0 Å². The highest BCUT2D eigenvalue weighted by Crippen LogP contribution is 2.13. The number of nitrogens with one attached hydrogen (secondary N) is 2. The smallest absolute Gasteiger partial charge is 0.326 e. The molecule has 1 rings (SSSR count). The van der Waals surface area contributed by atoms with Gasteiger partial charge in [0.1, 0.15) is 6.04 Å². The largest absolute Gasteiger partial charge is 0.480 e. The molecule has 1 aromatic carbocycles. The molecule has 0 spiro atoms. The summed E-state index contributed by atoms with van der Waals surface area (Å²) in [5, 5.41) is 14.3. The van der Waals surface area contributed by atoms with Gasteiger partial charge in [0.15, 0.2) is 0 Å². The molecule has 0 aliphatic carbocycles. The van der Waals surface area contributed by atoms with Crippen LogP contribution in [-0.2, 0) is 9.59 Å². The van der Waals surface area contributed by atoms with Crippen molar-refractivity contribution in [3.05, 3.63) is 29.8 Å². The van der Waals surface area contributed by atoms with E-state index >= 15 is 0 Å². The van der Waals surface area contributed by atoms with Crippen molar-refractivity contribution in [1.29, 1.82) is 0 Å². The zero-order valence-electron chi connectivity index (χ0n) is 12.3. The second-order valence-corrected chi connectivity index (χ2v) is 4.94. The number of anilines is 1. The molecular formula is C15H20N2O4. The Hall–Kier alpha value is -2.37. The molecule has 3 N–H and O–H groups in total. The average molecular weight is 292 g/mol. The highest BCUT2D eigenvalue weighted by Gasteiger charge is 2.25. The van der Waals surface area contributed by atoms with Gasteiger partial charge in [0.05, 0.1) is 0 Å². The van der Waals surface area contributed by atoms with E-state index in [9.17, 15) is 19.5 Å². The van der Waals surface area contributed by atoms with Crippen LogP contribution in [0, 0.1) is 5.92 Å². The maximum Gasteiger partial charge on any atom is 0.326 e. The number of benzene rings is 1. The zero-order valence-corrected chi connectivity index (χ0v) is 12.3. The fourth-order valence-electron chi connectivity index (χ4n) is 1.85. The molecule has 0 bridgehead atoms. The van der Waals surface area contributed by atoms with Crippen LogP contribution in [0.15, 0.2) is 24.3 Å². The van der Waals surface area contributed by atoms with Crippen molar-refractivity contribution in [2.24, 2.45) is 5.92 Å². The number of carboxylic acid groups (broad SMARTS) is 1. The van der Waals surface area contributed by atoms with Crippen LogP contribution < -0.4 is 10.6 Å². The highest BCUT2D eigenvalue weighted by atomic mass is 16.4. The van der Waals surface area contributed by atoms with Crippen LogP contribution in [-0.4, -0.2) is 28.9 Å². The first-order valence-corrected chi connectivity index (χ1v) is 6.76. The predicted octanol–water partition coefficient (Wildman–Crippen LogP) is 1.87. The predicted molar refractivity (Wildman–Crippen MR) is 79.1 cm³/mol. The maximum atomic E-state index is 12.1. The Balaban J connectivity index is 2.87. The lowest BCUT2D eigenvalue weighted by atomic mass is 9.99. The molecule has 0 radical (unpaired) electrons. The minimum atomic E-state index is -1.06. The van der Waals surface area contributed by atoms with Gasteiger partial charge in [0.25, 0.3) is 5.91 Å². The Kier molecular flexibility index (Phi) is 5.90. The molecule has 2 unspecified atom stereocenters. The summed E-state index contributed by atoms with van der Waals surface area (Å²) >= 11 is 0. The minimum Gasteiger partial charge on any atom is -0.480 e. The molecule has 0 fully saturated rings. The summed E-state index contributed by atoms with van der Waals surface area (Å²) in [6.07, 6.45) is 0.642. The second kappa shape index (κ2) is 7.42. The van der Waals surface area contributed by atoms with Gasteiger partial charge in [-0.15, -0.1) is 0 Å². The van der Waals surface area contributed by atoms with Crippen LogP contribution in [0.3, 0.4) is 0 Å². The molecule has 21 heavy (non-hydrogen) atoms. The molecule has 1 aromatic rings. The van der Waals surface area contributed by atoms with E-state index in [-0.39, 0.29) is 11.8 Å². The highest BCUT2D eigenvalue weighted by molar-refractivity contribution is 5.98. The van der Waals surface area contributed by atoms with E-state index < -0.39 is 17.9 Å². The van der Waals surface area contributed by atoms with Crippen LogP contribution in [0.2, 0.25) is 0 Å². The van der Waals surface area contributed by atoms with Gasteiger partial charge in [0, 0.05) is 18.2 Å². The molecular weight excluding hydrogens is 272 g/mol. The van der Waals surface area contributed by atoms with Crippen molar-refractivity contribution in [3.63, 3.8) is 0 Å². The van der Waals surface area contributed by atoms with E-state index in [0.717, 1.165) is 0 Å². The summed E-state index contributed by atoms with van der Waals surface area (Å²) in [6.45, 7) is 5.01. The normalized spacial score (nSPS) is 13.1. The van der Waals surface area contributed by atoms with E-state index in [1.807, 2.05) is 6.92 Å². The summed E-state index contributed by atoms with van der Waals surface area (Å²) in [4.78, 5) is 34.3. The fraction of sp³-hybridized carbons (Fsp3) is 0.400. The Labute approximate surface area is 123 Å². The number of amides is 2. The van der Waals surface area contributed by atoms with Crippen molar-refractivity contribution in [2.45, 2.75) is 33.2 Å². The summed E-state index contributed by atoms with van der Waals surface area (Å²) in [5.41, 5.74) is 0.793. The second-order valence-electron chi connectivity index (χ2n) is 4.94. The van der Waals surface area contributed by atoms with Gasteiger partial charge in [-0.25, -0.2) is 4.79 Å². The number of carbonyl (C=O) groups excluding carboxylic acids is 2. The lowest BCUT2D eigenvalue weighted by molar-refractivity contribution is -0.140. The molecule has 114 valence electrons. The van der Waals surface area contributed by atoms with Crippen LogP contribution in [0.4, 0.5) is 5.69 Å². The standard InChI is InChI=1S/C15H20N2O4/c1-4-9(2)13(15(20)21)17-14(19)11-6-5-7-12(8-11)16-10(3)18/h5-9,13H,4H2,1-3H3,(H,16,18)(H,17,19)(H,20,21). The lowest BCUT2D eigenvalue weighted by Gasteiger charge is -2.20. The Bertz CT molecular complexity index is 542. The molecule has 6 nitrogen and oxygen atoms in total. The van der Waals surface area contributed by atoms with Crippen molar-refractivity contribution in [1.82, 2.24) is 5.32 Å². The molecule has 0 saturated heterocycles. The molecule has 0 saturated carbocycles. The summed E-state index contributed by atoms with van der Waals surface area (Å²) in [7, 11) is 0. The SMILES string of the molecule is CCC(C)C(NC(=O)c1cccc(NC(C)=O)c1)C(=O)O. The maximum absolute atomic E-state index is 12.1. The van der Waals surface area contributed by atoms with Crippen molar-refractivity contribution in [2.75, 3.05) is 5.32 Å². The molecule has 2 amide bonds. The van der Waals surface area contributed by atoms with Crippen LogP contribution in [0.5, 0.6) is 0 Å². The van der Waals surface area contributed by atoms with E-state index in [1.165, 1.54) is 13.0 Å². The minimum absolute atomic E-state index is 0.176. The molecule has 0 aliphatic heterocycles. The average Bonchev–Trinajstić information content (AvgIpc) is 2.42. The lowest BCUT2D eigenvalue weighted by Crippen LogP contribution is -2.45. The number of hydrogen-bond acceptors (Lipinski definition) is 3. The first kappa shape index (κ1) is 16.7. The van der Waals surface area contributed by atoms with Crippen molar-refractivity contribution >= 4 is 23.5 Å². The quantitative estimate of drug-likeness (QED) is 0.746. The van der Waals surface area contributed by atoms with E-state index in [2.05, 4.69) is 10.6 Å². The van der Waals surface area contributed by atoms with Crippen molar-refractivity contribution < 1.29 is 19.5 Å². The van der Waals surface area contributed by atoms with E-state index in [4.69, 9.17) is 0 Å². The number of hydrogen-bond donors (Lipinski definition) is 3. The molecule has 6 heteroatoms. The first-order chi connectivity index (χ1) is 9.85. The van der Waals surface area contributed by atoms with Gasteiger partial charge < -0.3 is 15.7 Å². The Morgan fingerprint density at radius 1 is 1.29 bits per heavy atom. The summed E-state index contributed by atoms with van der Waals surface area (Å²) in [6, 6.07) is 5.41. The Morgan fingerprint density at radius 2 is 1.95 bits per heavy atom. The monoisotopic (exact) mass is 292 g/mol. The number of aliphatic carboxylic acids is 1. The Morgan fingerprint density at radius 3 is 2.48 bits per heavy atom. The summed E-state index contributed by atoms with van der Waals surface area (Å²) in [5.74, 6) is -1.95. The number of carbonyl (C=O) groups is 3. The van der Waals surface area contributed by atoms with E-state index in [0.29, 0.717) is 17.7 Å². The first-order valence-electron chi connectivity index (χ1n) is 6.76. The topological polar surface area (TPSA) is 95.5 Å². The van der Waals surface area contributed by atoms with Crippen molar-refractivity contribution in [3.8, 4) is 0 Å². The summed E-state index contributed by atoms with van der Waals surface area (Å²) < 4.78 is 0. The van der Waals surface area contributed by atoms with Gasteiger partial charge in [-0.2, -0.15) is 0 Å². The fourth-order valence-corrected chi connectivity index (χ4v) is 1.85. The van der Waals surface area contributed by atoms with Gasteiger partial charge in [-0.05, 0) is 24.1 Å². The van der Waals surface area contributed by atoms with Crippen LogP contribution in [0.25, 0.3) is 0 Å². The zero-order chi connectivity index (χ0) is 16.0. The third-order valence-corrected chi connectivity index (χ3v) is 3.21. The third-order valence-electron chi connectivity index (χ3n) is 3.21. The third kappa shape index (κ3) is 4.91. The molecule has 2 atom stereocenters. The molecule has 0 aromatic heterocycles.